The molecule has 0 aliphatic rings. The van der Waals surface area contributed by atoms with E-state index >= 15 is 0 Å². The van der Waals surface area contributed by atoms with Crippen molar-refractivity contribution in [3.8, 4) is 5.75 Å². The number of thiocarbonyl (C=S) groups is 1. The molecule has 0 aromatic heterocycles. The monoisotopic (exact) mass is 553 g/mol. The number of amides is 2. The predicted octanol–water partition coefficient (Wildman–Crippen LogP) is 4.52. The molecule has 0 unspecified atom stereocenters. The third kappa shape index (κ3) is 12.7. The van der Waals surface area contributed by atoms with Crippen molar-refractivity contribution in [3.63, 3.8) is 0 Å². The van der Waals surface area contributed by atoms with Crippen LogP contribution in [0.15, 0.2) is 48.5 Å². The van der Waals surface area contributed by atoms with Gasteiger partial charge in [-0.1, -0.05) is 53.5 Å². The fourth-order valence-corrected chi connectivity index (χ4v) is 3.62. The number of carbonyl (C=O) groups excluding carboxylic acids is 3. The van der Waals surface area contributed by atoms with E-state index in [1.807, 2.05) is 30.3 Å². The number of rotatable bonds is 13. The van der Waals surface area contributed by atoms with Crippen LogP contribution in [0.1, 0.15) is 44.1 Å². The molecule has 2 aromatic carbocycles. The van der Waals surface area contributed by atoms with E-state index < -0.39 is 0 Å². The third-order valence-corrected chi connectivity index (χ3v) is 5.50. The highest BCUT2D eigenvalue weighted by Gasteiger charge is 2.09. The highest BCUT2D eigenvalue weighted by Crippen LogP contribution is 2.27. The third-order valence-electron chi connectivity index (χ3n) is 4.77. The number of hydrogen-bond acceptors (Lipinski definition) is 6. The Hall–Kier alpha value is -2.88. The van der Waals surface area contributed by atoms with Crippen molar-refractivity contribution >= 4 is 58.3 Å². The molecule has 36 heavy (non-hydrogen) atoms. The summed E-state index contributed by atoms with van der Waals surface area (Å²) in [5.74, 6) is -0.551. The van der Waals surface area contributed by atoms with Crippen LogP contribution in [0.4, 0.5) is 0 Å². The highest BCUT2D eigenvalue weighted by molar-refractivity contribution is 7.80. The maximum atomic E-state index is 12.0. The van der Waals surface area contributed by atoms with Gasteiger partial charge in [0.25, 0.3) is 0 Å². The second kappa shape index (κ2) is 16.7. The number of hydrogen-bond donors (Lipinski definition) is 3. The molecule has 0 saturated carbocycles. The summed E-state index contributed by atoms with van der Waals surface area (Å²) in [6, 6.07) is 14.8. The number of esters is 1. The minimum Gasteiger partial charge on any atom is -0.492 e. The van der Waals surface area contributed by atoms with Gasteiger partial charge in [-0.3, -0.25) is 25.2 Å². The molecule has 0 aliphatic heterocycles. The summed E-state index contributed by atoms with van der Waals surface area (Å²) < 4.78 is 10.7. The van der Waals surface area contributed by atoms with Crippen molar-refractivity contribution in [1.29, 1.82) is 0 Å². The van der Waals surface area contributed by atoms with Crippen LogP contribution in [0, 0.1) is 0 Å². The van der Waals surface area contributed by atoms with E-state index in [2.05, 4.69) is 16.2 Å². The van der Waals surface area contributed by atoms with Gasteiger partial charge >= 0.3 is 5.97 Å². The first-order valence-corrected chi connectivity index (χ1v) is 12.7. The van der Waals surface area contributed by atoms with Crippen LogP contribution < -0.4 is 20.9 Å². The summed E-state index contributed by atoms with van der Waals surface area (Å²) in [4.78, 5) is 35.6. The van der Waals surface area contributed by atoms with Crippen LogP contribution in [0.3, 0.4) is 0 Å². The first-order valence-electron chi connectivity index (χ1n) is 11.5. The zero-order chi connectivity index (χ0) is 26.2. The van der Waals surface area contributed by atoms with Crippen LogP contribution in [-0.2, 0) is 25.5 Å². The quantitative estimate of drug-likeness (QED) is 0.145. The largest absolute Gasteiger partial charge is 0.492 e. The Labute approximate surface area is 226 Å². The summed E-state index contributed by atoms with van der Waals surface area (Å²) in [7, 11) is 0. The van der Waals surface area contributed by atoms with Gasteiger partial charge in [-0.25, -0.2) is 0 Å². The van der Waals surface area contributed by atoms with Crippen LogP contribution in [0.25, 0.3) is 0 Å². The zero-order valence-corrected chi connectivity index (χ0v) is 22.0. The van der Waals surface area contributed by atoms with Crippen LogP contribution in [0.2, 0.25) is 10.0 Å². The maximum Gasteiger partial charge on any atom is 0.305 e. The summed E-state index contributed by atoms with van der Waals surface area (Å²) >= 11 is 16.8. The van der Waals surface area contributed by atoms with Crippen molar-refractivity contribution in [3.05, 3.63) is 64.1 Å². The first kappa shape index (κ1) is 29.4. The Morgan fingerprint density at radius 1 is 0.833 bits per heavy atom. The van der Waals surface area contributed by atoms with E-state index in [0.29, 0.717) is 35.2 Å². The molecule has 194 valence electrons. The molecule has 0 bridgehead atoms. The fourth-order valence-electron chi connectivity index (χ4n) is 2.99. The van der Waals surface area contributed by atoms with Gasteiger partial charge in [0.15, 0.2) is 5.11 Å². The smallest absolute Gasteiger partial charge is 0.305 e. The van der Waals surface area contributed by atoms with Gasteiger partial charge < -0.3 is 14.8 Å². The molecule has 0 atom stereocenters. The number of benzene rings is 2. The molecular weight excluding hydrogens is 525 g/mol. The first-order chi connectivity index (χ1) is 17.3. The normalized spacial score (nSPS) is 10.3. The fraction of sp³-hybridized carbons (Fsp3) is 0.360. The van der Waals surface area contributed by atoms with Gasteiger partial charge in [0.1, 0.15) is 5.75 Å². The lowest BCUT2D eigenvalue weighted by Gasteiger charge is -2.11. The number of nitrogens with one attached hydrogen (secondary N) is 3. The number of ether oxygens (including phenoxy) is 2. The molecule has 0 radical (unpaired) electrons. The molecule has 0 spiro atoms. The summed E-state index contributed by atoms with van der Waals surface area (Å²) in [6.07, 6.45) is 2.75. The summed E-state index contributed by atoms with van der Waals surface area (Å²) in [6.45, 7) is 0.625. The molecule has 0 saturated heterocycles. The van der Waals surface area contributed by atoms with Gasteiger partial charge in [0.05, 0.1) is 18.2 Å². The van der Waals surface area contributed by atoms with E-state index in [1.165, 1.54) is 5.56 Å². The van der Waals surface area contributed by atoms with Gasteiger partial charge in [0, 0.05) is 24.3 Å². The lowest BCUT2D eigenvalue weighted by Crippen LogP contribution is -2.48. The molecule has 3 N–H and O–H groups in total. The van der Waals surface area contributed by atoms with Crippen LogP contribution in [0.5, 0.6) is 5.75 Å². The highest BCUT2D eigenvalue weighted by atomic mass is 35.5. The van der Waals surface area contributed by atoms with Gasteiger partial charge in [-0.2, -0.15) is 0 Å². The Balaban J connectivity index is 1.47. The van der Waals surface area contributed by atoms with Gasteiger partial charge in [-0.05, 0) is 61.7 Å². The van der Waals surface area contributed by atoms with E-state index in [4.69, 9.17) is 44.9 Å². The van der Waals surface area contributed by atoms with Crippen LogP contribution in [-0.4, -0.2) is 36.1 Å². The molecular formula is C25H29Cl2N3O5S. The van der Waals surface area contributed by atoms with Crippen molar-refractivity contribution < 1.29 is 23.9 Å². The topological polar surface area (TPSA) is 106 Å². The minimum atomic E-state index is -0.369. The molecule has 2 amide bonds. The van der Waals surface area contributed by atoms with Crippen molar-refractivity contribution in [1.82, 2.24) is 16.2 Å². The zero-order valence-electron chi connectivity index (χ0n) is 19.7. The van der Waals surface area contributed by atoms with E-state index in [9.17, 15) is 14.4 Å². The standard InChI is InChI=1S/C25H29Cl2N3O5S/c26-19-13-14-21(20(27)17-19)34-15-6-11-23(32)29-30-25(36)28-22(31)10-4-12-24(33)35-16-5-9-18-7-2-1-3-8-18/h1-3,7-8,13-14,17H,4-6,9-12,15-16H2,(H,29,32)(H2,28,30,31,36). The second-order valence-corrected chi connectivity index (χ2v) is 8.99. The number of aryl methyl sites for hydroxylation is 1. The maximum absolute atomic E-state index is 12.0. The number of carbonyl (C=O) groups is 3. The molecule has 8 nitrogen and oxygen atoms in total. The molecule has 0 heterocycles. The molecule has 2 rings (SSSR count). The Kier molecular flexibility index (Phi) is 13.6. The SMILES string of the molecule is O=C(CCCOc1ccc(Cl)cc1Cl)NNC(=S)NC(=O)CCCC(=O)OCCCc1ccccc1. The Morgan fingerprint density at radius 2 is 1.58 bits per heavy atom. The molecule has 2 aromatic rings. The van der Waals surface area contributed by atoms with Gasteiger partial charge in [0.2, 0.25) is 11.8 Å². The Bertz CT molecular complexity index is 1020. The van der Waals surface area contributed by atoms with Crippen molar-refractivity contribution in [2.24, 2.45) is 0 Å². The minimum absolute atomic E-state index is 0.0407. The molecule has 0 fully saturated rings. The van der Waals surface area contributed by atoms with Crippen LogP contribution >= 0.6 is 35.4 Å². The summed E-state index contributed by atoms with van der Waals surface area (Å²) in [5, 5.41) is 3.30. The number of hydrazine groups is 1. The van der Waals surface area contributed by atoms with Crippen molar-refractivity contribution in [2.75, 3.05) is 13.2 Å². The Morgan fingerprint density at radius 3 is 2.33 bits per heavy atom. The van der Waals surface area contributed by atoms with E-state index in [0.717, 1.165) is 12.8 Å². The molecule has 11 heteroatoms. The average molecular weight is 554 g/mol. The second-order valence-electron chi connectivity index (χ2n) is 7.74. The van der Waals surface area contributed by atoms with Gasteiger partial charge in [-0.15, -0.1) is 0 Å². The van der Waals surface area contributed by atoms with E-state index in [1.54, 1.807) is 18.2 Å². The van der Waals surface area contributed by atoms with Crippen molar-refractivity contribution in [2.45, 2.75) is 44.9 Å². The average Bonchev–Trinajstić information content (AvgIpc) is 2.85. The summed E-state index contributed by atoms with van der Waals surface area (Å²) in [5.41, 5.74) is 6.06. The lowest BCUT2D eigenvalue weighted by atomic mass is 10.1. The number of halogens is 2. The predicted molar refractivity (Wildman–Crippen MR) is 143 cm³/mol. The van der Waals surface area contributed by atoms with E-state index in [-0.39, 0.29) is 48.8 Å². The molecule has 0 aliphatic carbocycles. The lowest BCUT2D eigenvalue weighted by molar-refractivity contribution is -0.143.